The van der Waals surface area contributed by atoms with Crippen LogP contribution in [0.3, 0.4) is 0 Å². The number of aliphatic hydroxyl groups excluding tert-OH is 1. The lowest BCUT2D eigenvalue weighted by atomic mass is 9.98. The van der Waals surface area contributed by atoms with Crippen LogP contribution in [0.25, 0.3) is 0 Å². The van der Waals surface area contributed by atoms with Gasteiger partial charge >= 0.3 is 5.69 Å². The first-order chi connectivity index (χ1) is 20.4. The van der Waals surface area contributed by atoms with Crippen LogP contribution in [-0.4, -0.2) is 46.3 Å². The molecule has 1 aromatic heterocycles. The molecule has 0 radical (unpaired) electrons. The maximum Gasteiger partial charge on any atom is 0.333 e. The molecule has 0 bridgehead atoms. The predicted octanol–water partition coefficient (Wildman–Crippen LogP) is 3.66. The van der Waals surface area contributed by atoms with E-state index < -0.39 is 41.6 Å². The Morgan fingerprint density at radius 1 is 0.929 bits per heavy atom. The number of hydrogen-bond donors (Lipinski definition) is 1. The van der Waals surface area contributed by atoms with E-state index in [0.29, 0.717) is 11.3 Å². The highest BCUT2D eigenvalue weighted by Crippen LogP contribution is 2.39. The number of methoxy groups -OCH3 is 1. The van der Waals surface area contributed by atoms with Crippen LogP contribution >= 0.6 is 0 Å². The molecule has 2 heterocycles. The third-order valence-electron chi connectivity index (χ3n) is 7.36. The largest absolute Gasteiger partial charge is 0.497 e. The number of aliphatic hydroxyl groups is 1. The molecule has 0 unspecified atom stereocenters. The average molecular weight is 577 g/mol. The lowest BCUT2D eigenvalue weighted by Crippen LogP contribution is -2.49. The summed E-state index contributed by atoms with van der Waals surface area (Å²) < 4.78 is 40.5. The molecule has 10 heteroatoms. The molecule has 3 atom stereocenters. The molecule has 9 nitrogen and oxygen atoms in total. The van der Waals surface area contributed by atoms with Crippen LogP contribution in [-0.2, 0) is 34.0 Å². The van der Waals surface area contributed by atoms with Crippen LogP contribution in [0.5, 0.6) is 5.75 Å². The first-order valence-corrected chi connectivity index (χ1v) is 13.6. The van der Waals surface area contributed by atoms with Crippen LogP contribution < -0.4 is 16.0 Å². The molecule has 42 heavy (non-hydrogen) atoms. The minimum absolute atomic E-state index is 0.0446. The van der Waals surface area contributed by atoms with E-state index in [1.807, 2.05) is 60.7 Å². The van der Waals surface area contributed by atoms with E-state index in [1.54, 1.807) is 24.3 Å². The molecule has 0 aliphatic carbocycles. The maximum atomic E-state index is 15.0. The first-order valence-electron chi connectivity index (χ1n) is 13.6. The quantitative estimate of drug-likeness (QED) is 0.275. The lowest BCUT2D eigenvalue weighted by molar-refractivity contribution is -0.175. The minimum atomic E-state index is -1.35. The molecule has 4 aromatic rings. The summed E-state index contributed by atoms with van der Waals surface area (Å²) in [6, 6.07) is 25.8. The van der Waals surface area contributed by atoms with Gasteiger partial charge in [-0.3, -0.25) is 13.9 Å². The Hall–Kier alpha value is -4.09. The topological polar surface area (TPSA) is 101 Å². The smallest absolute Gasteiger partial charge is 0.333 e. The molecule has 1 fully saturated rings. The van der Waals surface area contributed by atoms with Crippen LogP contribution in [0.1, 0.15) is 29.3 Å². The Morgan fingerprint density at radius 2 is 1.57 bits per heavy atom. The Morgan fingerprint density at radius 3 is 2.19 bits per heavy atom. The highest BCUT2D eigenvalue weighted by molar-refractivity contribution is 5.27. The number of rotatable bonds is 12. The monoisotopic (exact) mass is 576 g/mol. The van der Waals surface area contributed by atoms with Gasteiger partial charge in [0.2, 0.25) is 5.82 Å². The summed E-state index contributed by atoms with van der Waals surface area (Å²) in [7, 11) is 1.53. The zero-order valence-corrected chi connectivity index (χ0v) is 23.2. The fraction of sp³-hybridized carbons (Fsp3) is 0.312. The van der Waals surface area contributed by atoms with Crippen molar-refractivity contribution in [1.29, 1.82) is 0 Å². The second-order valence-corrected chi connectivity index (χ2v) is 10.2. The fourth-order valence-electron chi connectivity index (χ4n) is 5.03. The highest BCUT2D eigenvalue weighted by atomic mass is 19.1. The van der Waals surface area contributed by atoms with Gasteiger partial charge < -0.3 is 24.1 Å². The summed E-state index contributed by atoms with van der Waals surface area (Å²) in [6.45, 7) is -0.172. The molecule has 0 saturated carbocycles. The molecule has 0 spiro atoms. The fourth-order valence-corrected chi connectivity index (χ4v) is 5.03. The van der Waals surface area contributed by atoms with E-state index in [1.165, 1.54) is 7.11 Å². The normalized spacial score (nSPS) is 20.1. The van der Waals surface area contributed by atoms with Gasteiger partial charge in [-0.2, -0.15) is 4.39 Å². The Balaban J connectivity index is 1.42. The van der Waals surface area contributed by atoms with Crippen LogP contribution in [0, 0.1) is 5.82 Å². The number of ether oxygens (including phenoxy) is 4. The molecule has 5 rings (SSSR count). The van der Waals surface area contributed by atoms with Crippen molar-refractivity contribution in [3.63, 3.8) is 0 Å². The number of benzene rings is 3. The van der Waals surface area contributed by atoms with Crippen molar-refractivity contribution < 1.29 is 28.4 Å². The molecule has 0 amide bonds. The zero-order valence-electron chi connectivity index (χ0n) is 23.2. The summed E-state index contributed by atoms with van der Waals surface area (Å²) in [6.07, 6.45) is -0.766. The van der Waals surface area contributed by atoms with Crippen molar-refractivity contribution in [1.82, 2.24) is 9.13 Å². The SMILES string of the molecule is COc1ccc(Cn2c(=O)c(F)cn([C@H]3C[C@H](OCc4ccccc4)[C@@](CO)(COCc4ccccc4)O3)c2=O)cc1. The van der Waals surface area contributed by atoms with E-state index in [4.69, 9.17) is 18.9 Å². The van der Waals surface area contributed by atoms with Gasteiger partial charge in [0.15, 0.2) is 0 Å². The molecule has 1 N–H and O–H groups in total. The van der Waals surface area contributed by atoms with E-state index in [0.717, 1.165) is 26.5 Å². The van der Waals surface area contributed by atoms with E-state index in [2.05, 4.69) is 0 Å². The van der Waals surface area contributed by atoms with Gasteiger partial charge in [0.05, 0.1) is 52.4 Å². The second-order valence-electron chi connectivity index (χ2n) is 10.2. The van der Waals surface area contributed by atoms with E-state index in [-0.39, 0.29) is 32.8 Å². The molecule has 1 aliphatic rings. The van der Waals surface area contributed by atoms with Crippen molar-refractivity contribution in [3.05, 3.63) is 134 Å². The van der Waals surface area contributed by atoms with Crippen molar-refractivity contribution >= 4 is 0 Å². The van der Waals surface area contributed by atoms with Crippen molar-refractivity contribution in [2.45, 2.75) is 44.1 Å². The summed E-state index contributed by atoms with van der Waals surface area (Å²) >= 11 is 0. The van der Waals surface area contributed by atoms with Gasteiger partial charge in [0.1, 0.15) is 17.6 Å². The summed E-state index contributed by atoms with van der Waals surface area (Å²) in [4.78, 5) is 26.3. The van der Waals surface area contributed by atoms with Crippen LogP contribution in [0.4, 0.5) is 4.39 Å². The van der Waals surface area contributed by atoms with Crippen molar-refractivity contribution in [3.8, 4) is 5.75 Å². The van der Waals surface area contributed by atoms with Gasteiger partial charge in [0, 0.05) is 6.42 Å². The molecule has 220 valence electrons. The summed E-state index contributed by atoms with van der Waals surface area (Å²) in [5, 5.41) is 10.6. The van der Waals surface area contributed by atoms with Gasteiger partial charge in [-0.25, -0.2) is 4.79 Å². The molecular weight excluding hydrogens is 543 g/mol. The number of aromatic nitrogens is 2. The number of hydrogen-bond acceptors (Lipinski definition) is 7. The molecule has 3 aromatic carbocycles. The van der Waals surface area contributed by atoms with E-state index >= 15 is 0 Å². The average Bonchev–Trinajstić information content (AvgIpc) is 3.39. The zero-order chi connectivity index (χ0) is 29.5. The summed E-state index contributed by atoms with van der Waals surface area (Å²) in [5.41, 5.74) is -0.673. The molecule has 1 aliphatic heterocycles. The van der Waals surface area contributed by atoms with Gasteiger partial charge in [-0.15, -0.1) is 0 Å². The number of halogens is 1. The number of nitrogens with zero attached hydrogens (tertiary/aromatic N) is 2. The van der Waals surface area contributed by atoms with Crippen molar-refractivity contribution in [2.75, 3.05) is 20.3 Å². The predicted molar refractivity (Wildman–Crippen MR) is 153 cm³/mol. The molecular formula is C32H33FN2O7. The van der Waals surface area contributed by atoms with Crippen LogP contribution in [0.2, 0.25) is 0 Å². The Bertz CT molecular complexity index is 1570. The second kappa shape index (κ2) is 13.3. The third-order valence-corrected chi connectivity index (χ3v) is 7.36. The third kappa shape index (κ3) is 6.52. The summed E-state index contributed by atoms with van der Waals surface area (Å²) in [5.74, 6) is -0.492. The lowest BCUT2D eigenvalue weighted by Gasteiger charge is -2.32. The minimum Gasteiger partial charge on any atom is -0.497 e. The van der Waals surface area contributed by atoms with Crippen LogP contribution in [0.15, 0.2) is 101 Å². The first kappa shape index (κ1) is 29.4. The van der Waals surface area contributed by atoms with Gasteiger partial charge in [-0.1, -0.05) is 72.8 Å². The van der Waals surface area contributed by atoms with Gasteiger partial charge in [0.25, 0.3) is 5.56 Å². The highest BCUT2D eigenvalue weighted by Gasteiger charge is 2.51. The van der Waals surface area contributed by atoms with Crippen molar-refractivity contribution in [2.24, 2.45) is 0 Å². The Labute approximate surface area is 242 Å². The van der Waals surface area contributed by atoms with E-state index in [9.17, 15) is 19.1 Å². The molecule has 1 saturated heterocycles. The maximum absolute atomic E-state index is 15.0. The Kier molecular flexibility index (Phi) is 9.28. The van der Waals surface area contributed by atoms with Gasteiger partial charge in [-0.05, 0) is 28.8 Å². The standard InChI is InChI=1S/C32H33FN2O7/c1-39-26-14-12-23(13-15-26)17-35-30(37)27(33)18-34(31(35)38)29-16-28(41-20-25-10-6-3-7-11-25)32(21-36,42-29)22-40-19-24-8-4-2-5-9-24/h2-15,18,28-29,36H,16-17,19-22H2,1H3/t28-,29+,32+/m0/s1.